The molecule has 1 aromatic heterocycles. The second-order valence-electron chi connectivity index (χ2n) is 3.85. The Balaban J connectivity index is 2.17. The normalized spacial score (nSPS) is 20.8. The predicted octanol–water partition coefficient (Wildman–Crippen LogP) is -0.796. The fourth-order valence-electron chi connectivity index (χ4n) is 1.75. The minimum atomic E-state index is -0.301. The zero-order valence-electron chi connectivity index (χ0n) is 9.06. The third-order valence-electron chi connectivity index (χ3n) is 2.65. The second kappa shape index (κ2) is 4.44. The van der Waals surface area contributed by atoms with Gasteiger partial charge in [-0.25, -0.2) is 4.98 Å². The molecule has 0 radical (unpaired) electrons. The van der Waals surface area contributed by atoms with Crippen molar-refractivity contribution >= 4 is 5.91 Å². The number of hydrogen-bond donors (Lipinski definition) is 2. The molecule has 1 aromatic rings. The number of aromatic nitrogens is 2. The maximum Gasteiger partial charge on any atom is 0.274 e. The first-order valence-corrected chi connectivity index (χ1v) is 5.25. The summed E-state index contributed by atoms with van der Waals surface area (Å²) in [6.45, 7) is 4.23. The molecule has 2 heterocycles. The van der Waals surface area contributed by atoms with E-state index in [4.69, 9.17) is 0 Å². The molecule has 0 saturated carbocycles. The van der Waals surface area contributed by atoms with E-state index in [1.54, 1.807) is 4.90 Å². The van der Waals surface area contributed by atoms with Crippen LogP contribution in [0.25, 0.3) is 0 Å². The third-order valence-corrected chi connectivity index (χ3v) is 2.65. The van der Waals surface area contributed by atoms with E-state index in [1.807, 2.05) is 6.92 Å². The third kappa shape index (κ3) is 2.11. The molecule has 1 aliphatic heterocycles. The summed E-state index contributed by atoms with van der Waals surface area (Å²) in [6, 6.07) is 0.148. The lowest BCUT2D eigenvalue weighted by Gasteiger charge is -2.33. The number of nitrogens with zero attached hydrogens (tertiary/aromatic N) is 2. The van der Waals surface area contributed by atoms with Crippen LogP contribution < -0.4 is 10.9 Å². The van der Waals surface area contributed by atoms with Gasteiger partial charge in [-0.1, -0.05) is 0 Å². The summed E-state index contributed by atoms with van der Waals surface area (Å²) in [4.78, 5) is 30.9. The Morgan fingerprint density at radius 2 is 2.44 bits per heavy atom. The summed E-state index contributed by atoms with van der Waals surface area (Å²) < 4.78 is 0. The highest BCUT2D eigenvalue weighted by Gasteiger charge is 2.24. The number of H-pyrrole nitrogens is 1. The average molecular weight is 222 g/mol. The molecule has 1 saturated heterocycles. The van der Waals surface area contributed by atoms with Gasteiger partial charge in [0.1, 0.15) is 5.69 Å². The molecule has 6 heteroatoms. The molecule has 0 aromatic carbocycles. The Morgan fingerprint density at radius 3 is 3.06 bits per heavy atom. The van der Waals surface area contributed by atoms with Crippen LogP contribution in [0.2, 0.25) is 0 Å². The number of nitrogens with one attached hydrogen (secondary N) is 2. The van der Waals surface area contributed by atoms with Crippen LogP contribution in [0, 0.1) is 0 Å². The Hall–Kier alpha value is -1.69. The van der Waals surface area contributed by atoms with Gasteiger partial charge in [-0.15, -0.1) is 0 Å². The van der Waals surface area contributed by atoms with E-state index in [0.29, 0.717) is 6.54 Å². The van der Waals surface area contributed by atoms with Crippen molar-refractivity contribution in [3.63, 3.8) is 0 Å². The van der Waals surface area contributed by atoms with Gasteiger partial charge in [0.15, 0.2) is 0 Å². The van der Waals surface area contributed by atoms with Gasteiger partial charge in [0.2, 0.25) is 0 Å². The van der Waals surface area contributed by atoms with E-state index in [0.717, 1.165) is 19.3 Å². The van der Waals surface area contributed by atoms with Crippen molar-refractivity contribution in [2.45, 2.75) is 13.0 Å². The zero-order chi connectivity index (χ0) is 11.5. The smallest absolute Gasteiger partial charge is 0.274 e. The molecular formula is C10H14N4O2. The van der Waals surface area contributed by atoms with E-state index in [2.05, 4.69) is 15.3 Å². The van der Waals surface area contributed by atoms with Gasteiger partial charge in [-0.2, -0.15) is 0 Å². The molecule has 0 spiro atoms. The van der Waals surface area contributed by atoms with E-state index >= 15 is 0 Å². The Morgan fingerprint density at radius 1 is 1.62 bits per heavy atom. The monoisotopic (exact) mass is 222 g/mol. The van der Waals surface area contributed by atoms with Gasteiger partial charge < -0.3 is 15.2 Å². The Kier molecular flexibility index (Phi) is 3.00. The first-order chi connectivity index (χ1) is 7.68. The van der Waals surface area contributed by atoms with Crippen LogP contribution in [0.1, 0.15) is 17.4 Å². The van der Waals surface area contributed by atoms with E-state index in [9.17, 15) is 9.59 Å². The number of hydrogen-bond acceptors (Lipinski definition) is 4. The molecule has 1 aliphatic rings. The molecule has 1 atom stereocenters. The Labute approximate surface area is 92.7 Å². The molecule has 2 N–H and O–H groups in total. The maximum atomic E-state index is 12.0. The van der Waals surface area contributed by atoms with Crippen molar-refractivity contribution in [1.29, 1.82) is 0 Å². The molecule has 2 rings (SSSR count). The largest absolute Gasteiger partial charge is 0.332 e. The van der Waals surface area contributed by atoms with Crippen LogP contribution in [0.5, 0.6) is 0 Å². The van der Waals surface area contributed by atoms with Crippen molar-refractivity contribution in [3.05, 3.63) is 28.4 Å². The molecule has 1 amide bonds. The summed E-state index contributed by atoms with van der Waals surface area (Å²) in [5.41, 5.74) is -0.0155. The highest BCUT2D eigenvalue weighted by Crippen LogP contribution is 2.06. The van der Waals surface area contributed by atoms with E-state index < -0.39 is 0 Å². The van der Waals surface area contributed by atoms with Crippen LogP contribution in [0.4, 0.5) is 0 Å². The van der Waals surface area contributed by atoms with Gasteiger partial charge in [-0.3, -0.25) is 9.59 Å². The van der Waals surface area contributed by atoms with E-state index in [1.165, 1.54) is 6.20 Å². The average Bonchev–Trinajstić information content (AvgIpc) is 2.30. The zero-order valence-corrected chi connectivity index (χ0v) is 9.06. The first kappa shape index (κ1) is 10.8. The minimum Gasteiger partial charge on any atom is -0.332 e. The summed E-state index contributed by atoms with van der Waals surface area (Å²) in [6.07, 6.45) is 2.49. The fourth-order valence-corrected chi connectivity index (χ4v) is 1.75. The van der Waals surface area contributed by atoms with Gasteiger partial charge in [0.05, 0.1) is 6.20 Å². The number of carbonyl (C=O) groups is 1. The molecule has 0 unspecified atom stereocenters. The number of rotatable bonds is 1. The van der Waals surface area contributed by atoms with Crippen LogP contribution in [-0.4, -0.2) is 46.5 Å². The van der Waals surface area contributed by atoms with Crippen molar-refractivity contribution in [1.82, 2.24) is 20.2 Å². The van der Waals surface area contributed by atoms with Crippen molar-refractivity contribution in [2.75, 3.05) is 19.6 Å². The number of piperazine rings is 1. The maximum absolute atomic E-state index is 12.0. The molecule has 16 heavy (non-hydrogen) atoms. The lowest BCUT2D eigenvalue weighted by Crippen LogP contribution is -2.52. The van der Waals surface area contributed by atoms with Gasteiger partial charge in [0.25, 0.3) is 11.5 Å². The molecule has 86 valence electrons. The first-order valence-electron chi connectivity index (χ1n) is 5.25. The Bertz CT molecular complexity index is 422. The van der Waals surface area contributed by atoms with Crippen molar-refractivity contribution in [3.8, 4) is 0 Å². The van der Waals surface area contributed by atoms with Crippen LogP contribution in [0.3, 0.4) is 0 Å². The topological polar surface area (TPSA) is 78.1 Å². The summed E-state index contributed by atoms with van der Waals surface area (Å²) in [7, 11) is 0. The van der Waals surface area contributed by atoms with E-state index in [-0.39, 0.29) is 23.2 Å². The fraction of sp³-hybridized carbons (Fsp3) is 0.500. The van der Waals surface area contributed by atoms with Crippen LogP contribution >= 0.6 is 0 Å². The lowest BCUT2D eigenvalue weighted by atomic mass is 10.2. The van der Waals surface area contributed by atoms with Gasteiger partial charge >= 0.3 is 0 Å². The second-order valence-corrected chi connectivity index (χ2v) is 3.85. The highest BCUT2D eigenvalue weighted by atomic mass is 16.2. The van der Waals surface area contributed by atoms with Gasteiger partial charge in [-0.05, 0) is 6.92 Å². The SMILES string of the molecule is C[C@@H]1CNCCN1C(=O)c1c[nH]c(=O)cn1. The predicted molar refractivity (Wildman–Crippen MR) is 58.2 cm³/mol. The van der Waals surface area contributed by atoms with Crippen molar-refractivity contribution in [2.24, 2.45) is 0 Å². The number of carbonyl (C=O) groups excluding carboxylic acids is 1. The van der Waals surface area contributed by atoms with Crippen molar-refractivity contribution < 1.29 is 4.79 Å². The van der Waals surface area contributed by atoms with Gasteiger partial charge in [0, 0.05) is 31.9 Å². The summed E-state index contributed by atoms with van der Waals surface area (Å²) in [5, 5.41) is 3.21. The molecule has 1 fully saturated rings. The molecule has 0 aliphatic carbocycles. The summed E-state index contributed by atoms with van der Waals surface area (Å²) >= 11 is 0. The molecular weight excluding hydrogens is 208 g/mol. The minimum absolute atomic E-state index is 0.134. The molecule has 0 bridgehead atoms. The number of amides is 1. The molecule has 6 nitrogen and oxygen atoms in total. The van der Waals surface area contributed by atoms with Crippen LogP contribution in [-0.2, 0) is 0 Å². The summed E-state index contributed by atoms with van der Waals surface area (Å²) in [5.74, 6) is -0.134. The highest BCUT2D eigenvalue weighted by molar-refractivity contribution is 5.92. The lowest BCUT2D eigenvalue weighted by molar-refractivity contribution is 0.0649. The number of aromatic amines is 1. The van der Waals surface area contributed by atoms with Crippen LogP contribution in [0.15, 0.2) is 17.2 Å². The quantitative estimate of drug-likeness (QED) is 0.652. The standard InChI is InChI=1S/C10H14N4O2/c1-7-4-11-2-3-14(7)10(16)8-5-13-9(15)6-12-8/h5-7,11H,2-4H2,1H3,(H,13,15)/t7-/m1/s1.